The molecule has 0 atom stereocenters. The van der Waals surface area contributed by atoms with E-state index in [9.17, 15) is 9.59 Å². The van der Waals surface area contributed by atoms with Gasteiger partial charge in [0.1, 0.15) is 0 Å². The van der Waals surface area contributed by atoms with Crippen LogP contribution in [0.3, 0.4) is 0 Å². The standard InChI is InChI=1S/C11H10Cl2N2O2/c1-2-7-5-3-4-6-8(7)14-15-9(10(12)16)11(13)17/h3-6,9H,2H2,1H3. The van der Waals surface area contributed by atoms with Crippen LogP contribution in [0.4, 0.5) is 5.69 Å². The molecule has 6 heteroatoms. The minimum Gasteiger partial charge on any atom is -0.278 e. The molecule has 1 aromatic carbocycles. The van der Waals surface area contributed by atoms with Crippen molar-refractivity contribution in [2.75, 3.05) is 0 Å². The highest BCUT2D eigenvalue weighted by Crippen LogP contribution is 2.20. The van der Waals surface area contributed by atoms with E-state index in [4.69, 9.17) is 23.2 Å². The van der Waals surface area contributed by atoms with Crippen molar-refractivity contribution in [2.24, 2.45) is 10.2 Å². The Morgan fingerprint density at radius 1 is 1.24 bits per heavy atom. The molecule has 0 bridgehead atoms. The number of rotatable bonds is 5. The molecule has 0 saturated carbocycles. The van der Waals surface area contributed by atoms with Crippen molar-refractivity contribution < 1.29 is 9.59 Å². The van der Waals surface area contributed by atoms with E-state index in [1.54, 1.807) is 12.1 Å². The molecule has 0 aliphatic carbocycles. The van der Waals surface area contributed by atoms with Crippen LogP contribution in [0.1, 0.15) is 12.5 Å². The summed E-state index contributed by atoms with van der Waals surface area (Å²) < 4.78 is 0. The van der Waals surface area contributed by atoms with E-state index in [2.05, 4.69) is 10.2 Å². The molecule has 0 aliphatic heterocycles. The molecule has 17 heavy (non-hydrogen) atoms. The quantitative estimate of drug-likeness (QED) is 0.469. The summed E-state index contributed by atoms with van der Waals surface area (Å²) in [4.78, 5) is 21.7. The van der Waals surface area contributed by atoms with Crippen LogP contribution < -0.4 is 0 Å². The van der Waals surface area contributed by atoms with E-state index < -0.39 is 16.5 Å². The van der Waals surface area contributed by atoms with Gasteiger partial charge in [-0.3, -0.25) is 9.59 Å². The van der Waals surface area contributed by atoms with Crippen LogP contribution in [0.15, 0.2) is 34.5 Å². The van der Waals surface area contributed by atoms with Gasteiger partial charge in [0.25, 0.3) is 10.5 Å². The zero-order chi connectivity index (χ0) is 12.8. The van der Waals surface area contributed by atoms with Crippen LogP contribution >= 0.6 is 23.2 Å². The lowest BCUT2D eigenvalue weighted by Crippen LogP contribution is -2.19. The molecule has 0 N–H and O–H groups in total. The van der Waals surface area contributed by atoms with Gasteiger partial charge in [-0.2, -0.15) is 10.2 Å². The van der Waals surface area contributed by atoms with E-state index in [1.807, 2.05) is 19.1 Å². The smallest absolute Gasteiger partial charge is 0.257 e. The lowest BCUT2D eigenvalue weighted by atomic mass is 10.1. The lowest BCUT2D eigenvalue weighted by molar-refractivity contribution is -0.120. The largest absolute Gasteiger partial charge is 0.278 e. The van der Waals surface area contributed by atoms with Crippen LogP contribution in [0.2, 0.25) is 0 Å². The van der Waals surface area contributed by atoms with Gasteiger partial charge in [-0.05, 0) is 41.3 Å². The molecular formula is C11H10Cl2N2O2. The van der Waals surface area contributed by atoms with Gasteiger partial charge in [0.15, 0.2) is 0 Å². The predicted molar refractivity (Wildman–Crippen MR) is 65.8 cm³/mol. The third kappa shape index (κ3) is 3.91. The molecule has 0 heterocycles. The zero-order valence-corrected chi connectivity index (χ0v) is 10.6. The first-order valence-corrected chi connectivity index (χ1v) is 5.69. The predicted octanol–water partition coefficient (Wildman–Crippen LogP) is 3.23. The third-order valence-corrected chi connectivity index (χ3v) is 2.50. The van der Waals surface area contributed by atoms with Gasteiger partial charge >= 0.3 is 0 Å². The molecule has 0 aliphatic rings. The summed E-state index contributed by atoms with van der Waals surface area (Å²) in [6.45, 7) is 1.96. The minimum atomic E-state index is -1.44. The number of aryl methyl sites for hydroxylation is 1. The van der Waals surface area contributed by atoms with E-state index in [1.165, 1.54) is 0 Å². The number of benzene rings is 1. The second-order valence-corrected chi connectivity index (χ2v) is 3.95. The molecule has 0 aromatic heterocycles. The lowest BCUT2D eigenvalue weighted by Gasteiger charge is -2.02. The Hall–Kier alpha value is -1.26. The molecule has 4 nitrogen and oxygen atoms in total. The number of nitrogens with zero attached hydrogens (tertiary/aromatic N) is 2. The highest BCUT2D eigenvalue weighted by atomic mass is 35.5. The average molecular weight is 273 g/mol. The number of hydrogen-bond acceptors (Lipinski definition) is 4. The number of azo groups is 1. The second kappa shape index (κ2) is 6.47. The first-order valence-electron chi connectivity index (χ1n) is 4.93. The van der Waals surface area contributed by atoms with Gasteiger partial charge in [0.2, 0.25) is 6.04 Å². The number of carbonyl (C=O) groups is 2. The summed E-state index contributed by atoms with van der Waals surface area (Å²) in [6.07, 6.45) is 0.767. The van der Waals surface area contributed by atoms with Crippen LogP contribution in [-0.2, 0) is 16.0 Å². The van der Waals surface area contributed by atoms with Crippen LogP contribution in [0.25, 0.3) is 0 Å². The van der Waals surface area contributed by atoms with E-state index >= 15 is 0 Å². The first kappa shape index (κ1) is 13.8. The van der Waals surface area contributed by atoms with Crippen LogP contribution in [0, 0.1) is 0 Å². The van der Waals surface area contributed by atoms with Gasteiger partial charge in [0, 0.05) is 0 Å². The molecule has 0 spiro atoms. The molecular weight excluding hydrogens is 263 g/mol. The summed E-state index contributed by atoms with van der Waals surface area (Å²) in [6, 6.07) is 5.83. The fourth-order valence-electron chi connectivity index (χ4n) is 1.21. The minimum absolute atomic E-state index is 0.593. The van der Waals surface area contributed by atoms with E-state index in [-0.39, 0.29) is 0 Å². The van der Waals surface area contributed by atoms with Crippen molar-refractivity contribution >= 4 is 39.4 Å². The molecule has 0 unspecified atom stereocenters. The Kier molecular flexibility index (Phi) is 5.25. The maximum atomic E-state index is 10.9. The Labute approximate surface area is 109 Å². The van der Waals surface area contributed by atoms with Gasteiger partial charge in [-0.15, -0.1) is 0 Å². The van der Waals surface area contributed by atoms with Gasteiger partial charge in [-0.1, -0.05) is 25.1 Å². The van der Waals surface area contributed by atoms with Crippen molar-refractivity contribution in [3.05, 3.63) is 29.8 Å². The summed E-state index contributed by atoms with van der Waals surface area (Å²) in [5.74, 6) is 0. The molecule has 0 radical (unpaired) electrons. The normalized spacial score (nSPS) is 11.1. The van der Waals surface area contributed by atoms with E-state index in [0.717, 1.165) is 12.0 Å². The Bertz CT molecular complexity index is 447. The summed E-state index contributed by atoms with van der Waals surface area (Å²) >= 11 is 10.4. The molecule has 1 aromatic rings. The van der Waals surface area contributed by atoms with Crippen LogP contribution in [-0.4, -0.2) is 16.5 Å². The second-order valence-electron chi connectivity index (χ2n) is 3.21. The van der Waals surface area contributed by atoms with Crippen molar-refractivity contribution in [3.8, 4) is 0 Å². The maximum Gasteiger partial charge on any atom is 0.257 e. The summed E-state index contributed by atoms with van der Waals surface area (Å²) in [7, 11) is 0. The fourth-order valence-corrected chi connectivity index (χ4v) is 1.55. The highest BCUT2D eigenvalue weighted by Gasteiger charge is 2.22. The molecule has 0 saturated heterocycles. The Morgan fingerprint density at radius 2 is 1.82 bits per heavy atom. The SMILES string of the molecule is CCc1ccccc1N=NC(C(=O)Cl)C(=O)Cl. The van der Waals surface area contributed by atoms with Crippen molar-refractivity contribution in [1.29, 1.82) is 0 Å². The van der Waals surface area contributed by atoms with E-state index in [0.29, 0.717) is 5.69 Å². The third-order valence-electron chi connectivity index (χ3n) is 2.08. The molecule has 90 valence electrons. The maximum absolute atomic E-state index is 10.9. The molecule has 0 amide bonds. The average Bonchev–Trinajstić information content (AvgIpc) is 2.29. The fraction of sp³-hybridized carbons (Fsp3) is 0.273. The van der Waals surface area contributed by atoms with Gasteiger partial charge < -0.3 is 0 Å². The Balaban J connectivity index is 2.96. The highest BCUT2D eigenvalue weighted by molar-refractivity contribution is 6.74. The van der Waals surface area contributed by atoms with Crippen molar-refractivity contribution in [1.82, 2.24) is 0 Å². The first-order chi connectivity index (χ1) is 8.06. The number of carbonyl (C=O) groups excluding carboxylic acids is 2. The number of halogens is 2. The Morgan fingerprint density at radius 3 is 2.35 bits per heavy atom. The van der Waals surface area contributed by atoms with Gasteiger partial charge in [-0.25, -0.2) is 0 Å². The monoisotopic (exact) mass is 272 g/mol. The van der Waals surface area contributed by atoms with Crippen molar-refractivity contribution in [2.45, 2.75) is 19.4 Å². The molecule has 0 fully saturated rings. The summed E-state index contributed by atoms with van der Waals surface area (Å²) in [5, 5.41) is 5.51. The topological polar surface area (TPSA) is 58.9 Å². The van der Waals surface area contributed by atoms with Crippen molar-refractivity contribution in [3.63, 3.8) is 0 Å². The summed E-state index contributed by atoms with van der Waals surface area (Å²) in [5.41, 5.74) is 1.55. The zero-order valence-electron chi connectivity index (χ0n) is 9.06. The van der Waals surface area contributed by atoms with Gasteiger partial charge in [0.05, 0.1) is 5.69 Å². The number of hydrogen-bond donors (Lipinski definition) is 0. The van der Waals surface area contributed by atoms with Crippen LogP contribution in [0.5, 0.6) is 0 Å². The molecule has 1 rings (SSSR count).